The first-order valence-electron chi connectivity index (χ1n) is 6.86. The van der Waals surface area contributed by atoms with E-state index in [4.69, 9.17) is 23.2 Å². The molecule has 1 aromatic carbocycles. The minimum absolute atomic E-state index is 0.483. The van der Waals surface area contributed by atoms with Crippen molar-refractivity contribution in [2.24, 2.45) is 0 Å². The number of hydrogen-bond acceptors (Lipinski definition) is 4. The molecule has 0 aliphatic heterocycles. The van der Waals surface area contributed by atoms with Gasteiger partial charge in [0.15, 0.2) is 0 Å². The van der Waals surface area contributed by atoms with E-state index in [1.54, 1.807) is 24.5 Å². The number of nitrogens with zero attached hydrogens (tertiary/aromatic N) is 4. The van der Waals surface area contributed by atoms with Crippen LogP contribution in [0.15, 0.2) is 42.7 Å². The molecule has 0 radical (unpaired) electrons. The molecule has 0 amide bonds. The largest absolute Gasteiger partial charge is 0.358 e. The summed E-state index contributed by atoms with van der Waals surface area (Å²) in [5.74, 6) is 0.793. The van der Waals surface area contributed by atoms with E-state index in [1.165, 1.54) is 0 Å². The number of aromatic nitrogens is 3. The number of halogens is 2. The minimum Gasteiger partial charge on any atom is -0.358 e. The quantitative estimate of drug-likeness (QED) is 0.723. The van der Waals surface area contributed by atoms with E-state index in [0.29, 0.717) is 10.0 Å². The van der Waals surface area contributed by atoms with Gasteiger partial charge in [0.05, 0.1) is 27.3 Å². The van der Waals surface area contributed by atoms with E-state index in [1.807, 2.05) is 30.1 Å². The number of hydrogen-bond donors (Lipinski definition) is 0. The van der Waals surface area contributed by atoms with Gasteiger partial charge >= 0.3 is 0 Å². The molecule has 0 aliphatic rings. The van der Waals surface area contributed by atoms with Crippen molar-refractivity contribution in [3.8, 4) is 0 Å². The molecule has 2 heterocycles. The average molecular weight is 333 g/mol. The molecule has 0 saturated heterocycles. The summed E-state index contributed by atoms with van der Waals surface area (Å²) in [6, 6.07) is 9.38. The lowest BCUT2D eigenvalue weighted by Gasteiger charge is -2.17. The SMILES string of the molecule is CN(CCc1ccccn1)c1cnc2cc(Cl)c(Cl)cc2n1. The molecule has 3 rings (SSSR count). The van der Waals surface area contributed by atoms with E-state index in [-0.39, 0.29) is 0 Å². The Morgan fingerprint density at radius 2 is 1.82 bits per heavy atom. The maximum absolute atomic E-state index is 6.04. The zero-order valence-electron chi connectivity index (χ0n) is 12.0. The highest BCUT2D eigenvalue weighted by Crippen LogP contribution is 2.26. The van der Waals surface area contributed by atoms with Crippen molar-refractivity contribution in [3.05, 3.63) is 58.5 Å². The van der Waals surface area contributed by atoms with E-state index >= 15 is 0 Å². The molecular weight excluding hydrogens is 319 g/mol. The van der Waals surface area contributed by atoms with Crippen molar-refractivity contribution >= 4 is 40.1 Å². The summed E-state index contributed by atoms with van der Waals surface area (Å²) in [6.07, 6.45) is 4.39. The van der Waals surface area contributed by atoms with Crippen molar-refractivity contribution < 1.29 is 0 Å². The fraction of sp³-hybridized carbons (Fsp3) is 0.188. The fourth-order valence-corrected chi connectivity index (χ4v) is 2.44. The first kappa shape index (κ1) is 15.0. The van der Waals surface area contributed by atoms with Gasteiger partial charge in [-0.1, -0.05) is 29.3 Å². The van der Waals surface area contributed by atoms with Crippen LogP contribution < -0.4 is 4.90 Å². The Morgan fingerprint density at radius 3 is 2.55 bits per heavy atom. The van der Waals surface area contributed by atoms with Crippen molar-refractivity contribution in [1.29, 1.82) is 0 Å². The van der Waals surface area contributed by atoms with Crippen LogP contribution in [0.4, 0.5) is 5.82 Å². The van der Waals surface area contributed by atoms with Crippen LogP contribution in [-0.2, 0) is 6.42 Å². The maximum atomic E-state index is 6.04. The van der Waals surface area contributed by atoms with Crippen LogP contribution in [0.2, 0.25) is 10.0 Å². The molecule has 22 heavy (non-hydrogen) atoms. The molecule has 0 aliphatic carbocycles. The summed E-state index contributed by atoms with van der Waals surface area (Å²) in [5.41, 5.74) is 2.52. The van der Waals surface area contributed by atoms with Crippen molar-refractivity contribution in [2.75, 3.05) is 18.5 Å². The lowest BCUT2D eigenvalue weighted by Crippen LogP contribution is -2.21. The van der Waals surface area contributed by atoms with Gasteiger partial charge in [0.1, 0.15) is 5.82 Å². The zero-order chi connectivity index (χ0) is 15.5. The molecule has 0 atom stereocenters. The predicted molar refractivity (Wildman–Crippen MR) is 90.8 cm³/mol. The Labute approximate surface area is 138 Å². The molecule has 4 nitrogen and oxygen atoms in total. The van der Waals surface area contributed by atoms with E-state index in [0.717, 1.165) is 35.5 Å². The summed E-state index contributed by atoms with van der Waals surface area (Å²) in [5, 5.41) is 0.969. The van der Waals surface area contributed by atoms with Gasteiger partial charge in [0.2, 0.25) is 0 Å². The van der Waals surface area contributed by atoms with Crippen LogP contribution in [0, 0.1) is 0 Å². The van der Waals surface area contributed by atoms with E-state index in [2.05, 4.69) is 15.0 Å². The molecule has 112 valence electrons. The summed E-state index contributed by atoms with van der Waals surface area (Å²) in [4.78, 5) is 15.4. The summed E-state index contributed by atoms with van der Waals surface area (Å²) < 4.78 is 0. The Hall–Kier alpha value is -1.91. The molecule has 0 saturated carbocycles. The highest BCUT2D eigenvalue weighted by atomic mass is 35.5. The Balaban J connectivity index is 1.79. The summed E-state index contributed by atoms with van der Waals surface area (Å²) >= 11 is 12.0. The number of benzene rings is 1. The molecule has 3 aromatic rings. The van der Waals surface area contributed by atoms with Gasteiger partial charge in [0, 0.05) is 31.9 Å². The molecule has 0 N–H and O–H groups in total. The normalized spacial score (nSPS) is 10.9. The Kier molecular flexibility index (Phi) is 4.41. The number of likely N-dealkylation sites (N-methyl/N-ethyl adjacent to an activating group) is 1. The van der Waals surface area contributed by atoms with Crippen LogP contribution in [0.3, 0.4) is 0 Å². The van der Waals surface area contributed by atoms with Crippen LogP contribution in [0.5, 0.6) is 0 Å². The number of rotatable bonds is 4. The number of fused-ring (bicyclic) bond motifs is 1. The zero-order valence-corrected chi connectivity index (χ0v) is 13.5. The second-order valence-electron chi connectivity index (χ2n) is 4.98. The second kappa shape index (κ2) is 6.46. The molecule has 0 bridgehead atoms. The number of anilines is 1. The van der Waals surface area contributed by atoms with Crippen LogP contribution in [0.25, 0.3) is 11.0 Å². The van der Waals surface area contributed by atoms with Gasteiger partial charge < -0.3 is 4.90 Å². The van der Waals surface area contributed by atoms with Gasteiger partial charge in [-0.15, -0.1) is 0 Å². The third-order valence-corrected chi connectivity index (χ3v) is 4.11. The molecule has 0 fully saturated rings. The highest BCUT2D eigenvalue weighted by molar-refractivity contribution is 6.42. The third kappa shape index (κ3) is 3.29. The monoisotopic (exact) mass is 332 g/mol. The Bertz CT molecular complexity index is 793. The summed E-state index contributed by atoms with van der Waals surface area (Å²) in [6.45, 7) is 0.804. The van der Waals surface area contributed by atoms with Crippen LogP contribution in [0.1, 0.15) is 5.69 Å². The third-order valence-electron chi connectivity index (χ3n) is 3.39. The average Bonchev–Trinajstić information content (AvgIpc) is 2.54. The van der Waals surface area contributed by atoms with Gasteiger partial charge in [-0.05, 0) is 24.3 Å². The van der Waals surface area contributed by atoms with Crippen LogP contribution >= 0.6 is 23.2 Å². The molecular formula is C16H14Cl2N4. The molecule has 0 unspecified atom stereocenters. The standard InChI is InChI=1S/C16H14Cl2N4/c1-22(7-5-11-4-2-3-6-19-11)16-10-20-14-8-12(17)13(18)9-15(14)21-16/h2-4,6,8-10H,5,7H2,1H3. The second-order valence-corrected chi connectivity index (χ2v) is 5.79. The smallest absolute Gasteiger partial charge is 0.147 e. The minimum atomic E-state index is 0.483. The first-order valence-corrected chi connectivity index (χ1v) is 7.62. The molecule has 6 heteroatoms. The van der Waals surface area contributed by atoms with Crippen LogP contribution in [-0.4, -0.2) is 28.5 Å². The highest BCUT2D eigenvalue weighted by Gasteiger charge is 2.08. The first-order chi connectivity index (χ1) is 10.6. The molecule has 2 aromatic heterocycles. The summed E-state index contributed by atoms with van der Waals surface area (Å²) in [7, 11) is 1.98. The van der Waals surface area contributed by atoms with Crippen molar-refractivity contribution in [3.63, 3.8) is 0 Å². The van der Waals surface area contributed by atoms with E-state index < -0.39 is 0 Å². The van der Waals surface area contributed by atoms with Gasteiger partial charge in [0.25, 0.3) is 0 Å². The van der Waals surface area contributed by atoms with Gasteiger partial charge in [-0.2, -0.15) is 0 Å². The lowest BCUT2D eigenvalue weighted by molar-refractivity contribution is 0.839. The van der Waals surface area contributed by atoms with Crippen molar-refractivity contribution in [1.82, 2.24) is 15.0 Å². The topological polar surface area (TPSA) is 41.9 Å². The Morgan fingerprint density at radius 1 is 1.05 bits per heavy atom. The maximum Gasteiger partial charge on any atom is 0.147 e. The van der Waals surface area contributed by atoms with E-state index in [9.17, 15) is 0 Å². The number of pyridine rings is 1. The predicted octanol–water partition coefficient (Wildman–Crippen LogP) is 4.01. The lowest BCUT2D eigenvalue weighted by atomic mass is 10.2. The van der Waals surface area contributed by atoms with Gasteiger partial charge in [-0.3, -0.25) is 9.97 Å². The van der Waals surface area contributed by atoms with Gasteiger partial charge in [-0.25, -0.2) is 4.98 Å². The van der Waals surface area contributed by atoms with Crippen molar-refractivity contribution in [2.45, 2.75) is 6.42 Å². The molecule has 0 spiro atoms. The fourth-order valence-electron chi connectivity index (χ4n) is 2.13.